The van der Waals surface area contributed by atoms with Gasteiger partial charge in [0.15, 0.2) is 0 Å². The van der Waals surface area contributed by atoms with Crippen LogP contribution >= 0.6 is 0 Å². The van der Waals surface area contributed by atoms with E-state index >= 15 is 0 Å². The fourth-order valence-electron chi connectivity index (χ4n) is 1.98. The van der Waals surface area contributed by atoms with Gasteiger partial charge < -0.3 is 15.4 Å². The second kappa shape index (κ2) is 3.79. The van der Waals surface area contributed by atoms with Crippen LogP contribution in [0.25, 0.3) is 0 Å². The van der Waals surface area contributed by atoms with Crippen molar-refractivity contribution in [3.8, 4) is 5.75 Å². The normalized spacial score (nSPS) is 18.5. The van der Waals surface area contributed by atoms with Crippen LogP contribution in [0.4, 0.5) is 5.69 Å². The Labute approximate surface area is 94.0 Å². The fraction of sp³-hybridized carbons (Fsp3) is 0.417. The molecule has 4 nitrogen and oxygen atoms in total. The van der Waals surface area contributed by atoms with Crippen molar-refractivity contribution in [2.45, 2.75) is 6.42 Å². The highest BCUT2D eigenvalue weighted by molar-refractivity contribution is 5.93. The monoisotopic (exact) mass is 218 g/mol. The predicted molar refractivity (Wildman–Crippen MR) is 60.6 cm³/mol. The molecule has 1 amide bonds. The molecule has 2 heterocycles. The van der Waals surface area contributed by atoms with Gasteiger partial charge in [-0.3, -0.25) is 4.79 Å². The average molecular weight is 218 g/mol. The third-order valence-electron chi connectivity index (χ3n) is 3.11. The molecule has 0 unspecified atom stereocenters. The molecule has 0 aromatic heterocycles. The van der Waals surface area contributed by atoms with Crippen LogP contribution in [0.3, 0.4) is 0 Å². The van der Waals surface area contributed by atoms with Crippen molar-refractivity contribution in [1.29, 1.82) is 0 Å². The Kier molecular flexibility index (Phi) is 2.29. The quantitative estimate of drug-likeness (QED) is 0.771. The van der Waals surface area contributed by atoms with E-state index in [1.165, 1.54) is 5.56 Å². The third-order valence-corrected chi connectivity index (χ3v) is 3.11. The van der Waals surface area contributed by atoms with Crippen LogP contribution in [0, 0.1) is 5.92 Å². The summed E-state index contributed by atoms with van der Waals surface area (Å²) in [5.74, 6) is 1.19. The van der Waals surface area contributed by atoms with Gasteiger partial charge in [-0.05, 0) is 23.8 Å². The number of rotatable bonds is 2. The Morgan fingerprint density at radius 2 is 2.31 bits per heavy atom. The van der Waals surface area contributed by atoms with Gasteiger partial charge >= 0.3 is 0 Å². The van der Waals surface area contributed by atoms with E-state index in [4.69, 9.17) is 4.74 Å². The summed E-state index contributed by atoms with van der Waals surface area (Å²) in [4.78, 5) is 11.7. The Morgan fingerprint density at radius 3 is 3.06 bits per heavy atom. The number of benzene rings is 1. The Morgan fingerprint density at radius 1 is 1.44 bits per heavy atom. The first-order valence-corrected chi connectivity index (χ1v) is 5.60. The standard InChI is InChI=1S/C12H14N2O2/c15-12(9-6-13-7-9)14-10-1-2-11-8(5-10)3-4-16-11/h1-2,5,9,13H,3-4,6-7H2,(H,14,15). The van der Waals surface area contributed by atoms with Crippen LogP contribution in [0.1, 0.15) is 5.56 Å². The molecule has 1 aromatic carbocycles. The summed E-state index contributed by atoms with van der Waals surface area (Å²) in [6.45, 7) is 2.33. The number of hydrogen-bond donors (Lipinski definition) is 2. The summed E-state index contributed by atoms with van der Waals surface area (Å²) in [5.41, 5.74) is 2.06. The summed E-state index contributed by atoms with van der Waals surface area (Å²) >= 11 is 0. The number of nitrogens with one attached hydrogen (secondary N) is 2. The van der Waals surface area contributed by atoms with Crippen LogP contribution in [0.15, 0.2) is 18.2 Å². The molecule has 84 valence electrons. The van der Waals surface area contributed by atoms with E-state index in [1.54, 1.807) is 0 Å². The van der Waals surface area contributed by atoms with Crippen molar-refractivity contribution >= 4 is 11.6 Å². The Bertz CT molecular complexity index is 427. The molecule has 2 aliphatic heterocycles. The molecule has 2 aliphatic rings. The summed E-state index contributed by atoms with van der Waals surface area (Å²) in [6.07, 6.45) is 0.935. The van der Waals surface area contributed by atoms with E-state index < -0.39 is 0 Å². The fourth-order valence-corrected chi connectivity index (χ4v) is 1.98. The number of carbonyl (C=O) groups excluding carboxylic acids is 1. The van der Waals surface area contributed by atoms with Crippen LogP contribution in [0.5, 0.6) is 5.75 Å². The van der Waals surface area contributed by atoms with Crippen LogP contribution in [0.2, 0.25) is 0 Å². The molecule has 0 spiro atoms. The van der Waals surface area contributed by atoms with Crippen molar-refractivity contribution in [1.82, 2.24) is 5.32 Å². The van der Waals surface area contributed by atoms with Gasteiger partial charge in [0.05, 0.1) is 12.5 Å². The minimum absolute atomic E-state index is 0.109. The lowest BCUT2D eigenvalue weighted by molar-refractivity contribution is -0.121. The number of hydrogen-bond acceptors (Lipinski definition) is 3. The van der Waals surface area contributed by atoms with Gasteiger partial charge in [-0.15, -0.1) is 0 Å². The van der Waals surface area contributed by atoms with Gasteiger partial charge in [-0.2, -0.15) is 0 Å². The summed E-state index contributed by atoms with van der Waals surface area (Å²) in [5, 5.41) is 6.03. The van der Waals surface area contributed by atoms with Crippen molar-refractivity contribution < 1.29 is 9.53 Å². The van der Waals surface area contributed by atoms with Crippen molar-refractivity contribution in [2.75, 3.05) is 25.0 Å². The molecule has 0 saturated carbocycles. The molecular formula is C12H14N2O2. The van der Waals surface area contributed by atoms with E-state index in [0.29, 0.717) is 0 Å². The molecule has 4 heteroatoms. The van der Waals surface area contributed by atoms with E-state index in [1.807, 2.05) is 18.2 Å². The molecule has 2 N–H and O–H groups in total. The zero-order valence-electron chi connectivity index (χ0n) is 8.95. The molecule has 0 radical (unpaired) electrons. The van der Waals surface area contributed by atoms with E-state index in [9.17, 15) is 4.79 Å². The molecule has 0 bridgehead atoms. The lowest BCUT2D eigenvalue weighted by Crippen LogP contribution is -2.48. The summed E-state index contributed by atoms with van der Waals surface area (Å²) in [7, 11) is 0. The lowest BCUT2D eigenvalue weighted by Gasteiger charge is -2.25. The molecule has 3 rings (SSSR count). The zero-order valence-corrected chi connectivity index (χ0v) is 8.95. The molecule has 16 heavy (non-hydrogen) atoms. The van der Waals surface area contributed by atoms with Crippen LogP contribution in [-0.4, -0.2) is 25.6 Å². The van der Waals surface area contributed by atoms with Crippen LogP contribution < -0.4 is 15.4 Å². The number of anilines is 1. The molecule has 1 saturated heterocycles. The first kappa shape index (κ1) is 9.66. The largest absolute Gasteiger partial charge is 0.493 e. The summed E-state index contributed by atoms with van der Waals surface area (Å²) < 4.78 is 5.42. The number of amides is 1. The maximum atomic E-state index is 11.7. The number of carbonyl (C=O) groups is 1. The maximum absolute atomic E-state index is 11.7. The third kappa shape index (κ3) is 1.65. The van der Waals surface area contributed by atoms with Crippen molar-refractivity contribution in [3.63, 3.8) is 0 Å². The second-order valence-electron chi connectivity index (χ2n) is 4.27. The van der Waals surface area contributed by atoms with Crippen molar-refractivity contribution in [2.24, 2.45) is 5.92 Å². The summed E-state index contributed by atoms with van der Waals surface area (Å²) in [6, 6.07) is 5.83. The minimum Gasteiger partial charge on any atom is -0.493 e. The topological polar surface area (TPSA) is 50.4 Å². The Balaban J connectivity index is 1.72. The maximum Gasteiger partial charge on any atom is 0.230 e. The van der Waals surface area contributed by atoms with Crippen LogP contribution in [-0.2, 0) is 11.2 Å². The molecule has 0 atom stereocenters. The molecule has 1 aromatic rings. The molecule has 0 aliphatic carbocycles. The van der Waals surface area contributed by atoms with Gasteiger partial charge in [0.2, 0.25) is 5.91 Å². The minimum atomic E-state index is 0.109. The van der Waals surface area contributed by atoms with E-state index in [0.717, 1.165) is 37.6 Å². The molecule has 1 fully saturated rings. The van der Waals surface area contributed by atoms with Gasteiger partial charge in [0.1, 0.15) is 5.75 Å². The average Bonchev–Trinajstić information content (AvgIpc) is 2.61. The number of fused-ring (bicyclic) bond motifs is 1. The Hall–Kier alpha value is -1.55. The SMILES string of the molecule is O=C(Nc1ccc2c(c1)CCO2)C1CNC1. The zero-order chi connectivity index (χ0) is 11.0. The van der Waals surface area contributed by atoms with Gasteiger partial charge in [-0.1, -0.05) is 0 Å². The van der Waals surface area contributed by atoms with Gasteiger partial charge in [0.25, 0.3) is 0 Å². The van der Waals surface area contributed by atoms with Gasteiger partial charge in [0, 0.05) is 25.2 Å². The first-order valence-electron chi connectivity index (χ1n) is 5.60. The van der Waals surface area contributed by atoms with Gasteiger partial charge in [-0.25, -0.2) is 0 Å². The highest BCUT2D eigenvalue weighted by atomic mass is 16.5. The predicted octanol–water partition coefficient (Wildman–Crippen LogP) is 0.779. The van der Waals surface area contributed by atoms with Crippen molar-refractivity contribution in [3.05, 3.63) is 23.8 Å². The lowest BCUT2D eigenvalue weighted by atomic mass is 10.0. The van der Waals surface area contributed by atoms with E-state index in [-0.39, 0.29) is 11.8 Å². The first-order chi connectivity index (χ1) is 7.83. The number of ether oxygens (including phenoxy) is 1. The second-order valence-corrected chi connectivity index (χ2v) is 4.27. The smallest absolute Gasteiger partial charge is 0.230 e. The molecular weight excluding hydrogens is 204 g/mol. The highest BCUT2D eigenvalue weighted by Gasteiger charge is 2.25. The highest BCUT2D eigenvalue weighted by Crippen LogP contribution is 2.28. The van der Waals surface area contributed by atoms with E-state index in [2.05, 4.69) is 10.6 Å².